The lowest BCUT2D eigenvalue weighted by Gasteiger charge is -2.09. The summed E-state index contributed by atoms with van der Waals surface area (Å²) < 4.78 is 28.0. The van der Waals surface area contributed by atoms with Crippen molar-refractivity contribution in [3.63, 3.8) is 0 Å². The zero-order chi connectivity index (χ0) is 13.2. The number of aliphatic hydroxyl groups excluding tert-OH is 1. The minimum Gasteiger partial charge on any atom is -0.392 e. The van der Waals surface area contributed by atoms with Crippen LogP contribution < -0.4 is 4.72 Å². The lowest BCUT2D eigenvalue weighted by atomic mass is 10.2. The Morgan fingerprint density at radius 2 is 2.11 bits per heavy atom. The third-order valence-electron chi connectivity index (χ3n) is 2.39. The van der Waals surface area contributed by atoms with E-state index in [2.05, 4.69) is 9.71 Å². The quantitative estimate of drug-likeness (QED) is 0.854. The van der Waals surface area contributed by atoms with Crippen molar-refractivity contribution < 1.29 is 13.5 Å². The van der Waals surface area contributed by atoms with Crippen LogP contribution >= 0.6 is 0 Å². The molecule has 0 spiro atoms. The van der Waals surface area contributed by atoms with Gasteiger partial charge in [0, 0.05) is 18.8 Å². The van der Waals surface area contributed by atoms with Gasteiger partial charge in [-0.15, -0.1) is 0 Å². The van der Waals surface area contributed by atoms with Crippen LogP contribution in [0.5, 0.6) is 0 Å². The number of aliphatic hydroxyl groups is 1. The smallest absolute Gasteiger partial charge is 0.280 e. The predicted octanol–water partition coefficient (Wildman–Crippen LogP) is 0.713. The number of hydrogen-bond acceptors (Lipinski definition) is 4. The Balaban J connectivity index is 2.33. The molecule has 0 aliphatic heterocycles. The predicted molar refractivity (Wildman–Crippen MR) is 66.4 cm³/mol. The van der Waals surface area contributed by atoms with Crippen LogP contribution in [0.4, 0.5) is 5.69 Å². The van der Waals surface area contributed by atoms with Crippen molar-refractivity contribution in [3.8, 4) is 0 Å². The first kappa shape index (κ1) is 12.6. The first-order valence-electron chi connectivity index (χ1n) is 5.22. The molecule has 7 heteroatoms. The van der Waals surface area contributed by atoms with Crippen molar-refractivity contribution in [1.82, 2.24) is 9.55 Å². The van der Waals surface area contributed by atoms with Crippen molar-refractivity contribution in [1.29, 1.82) is 0 Å². The second-order valence-corrected chi connectivity index (χ2v) is 5.43. The van der Waals surface area contributed by atoms with Crippen LogP contribution in [0.15, 0.2) is 41.8 Å². The van der Waals surface area contributed by atoms with E-state index < -0.39 is 10.0 Å². The van der Waals surface area contributed by atoms with Gasteiger partial charge in [0.2, 0.25) is 0 Å². The summed E-state index contributed by atoms with van der Waals surface area (Å²) in [6, 6.07) is 6.65. The van der Waals surface area contributed by atoms with Gasteiger partial charge < -0.3 is 9.67 Å². The Morgan fingerprint density at radius 1 is 1.39 bits per heavy atom. The fourth-order valence-corrected chi connectivity index (χ4v) is 2.57. The normalized spacial score (nSPS) is 11.4. The van der Waals surface area contributed by atoms with E-state index in [0.29, 0.717) is 11.3 Å². The maximum absolute atomic E-state index is 12.0. The van der Waals surface area contributed by atoms with E-state index in [1.807, 2.05) is 0 Å². The van der Waals surface area contributed by atoms with Crippen molar-refractivity contribution in [2.45, 2.75) is 11.6 Å². The van der Waals surface area contributed by atoms with Gasteiger partial charge in [0.25, 0.3) is 10.0 Å². The Bertz CT molecular complexity index is 649. The number of rotatable bonds is 4. The van der Waals surface area contributed by atoms with Crippen molar-refractivity contribution in [3.05, 3.63) is 42.4 Å². The molecule has 1 aromatic carbocycles. The van der Waals surface area contributed by atoms with Gasteiger partial charge in [0.05, 0.1) is 18.6 Å². The standard InChI is InChI=1S/C11H13N3O3S/c1-14-6-11(12-8-14)18(16,17)13-10-5-3-2-4-9(10)7-15/h2-6,8,13,15H,7H2,1H3. The number of imidazole rings is 1. The maximum atomic E-state index is 12.0. The second-order valence-electron chi connectivity index (χ2n) is 3.80. The monoisotopic (exact) mass is 267 g/mol. The molecule has 0 unspecified atom stereocenters. The van der Waals surface area contributed by atoms with Gasteiger partial charge in [-0.2, -0.15) is 8.42 Å². The zero-order valence-corrected chi connectivity index (χ0v) is 10.6. The molecular formula is C11H13N3O3S. The lowest BCUT2D eigenvalue weighted by Crippen LogP contribution is -2.14. The summed E-state index contributed by atoms with van der Waals surface area (Å²) in [5, 5.41) is 9.08. The summed E-state index contributed by atoms with van der Waals surface area (Å²) in [6.07, 6.45) is 2.82. The highest BCUT2D eigenvalue weighted by Crippen LogP contribution is 2.18. The largest absolute Gasteiger partial charge is 0.392 e. The fourth-order valence-electron chi connectivity index (χ4n) is 1.48. The van der Waals surface area contributed by atoms with Crippen LogP contribution in [0.2, 0.25) is 0 Å². The van der Waals surface area contributed by atoms with Gasteiger partial charge >= 0.3 is 0 Å². The third kappa shape index (κ3) is 2.52. The highest BCUT2D eigenvalue weighted by atomic mass is 32.2. The van der Waals surface area contributed by atoms with E-state index in [9.17, 15) is 8.42 Å². The second kappa shape index (κ2) is 4.79. The average molecular weight is 267 g/mol. The van der Waals surface area contributed by atoms with Crippen molar-refractivity contribution in [2.24, 2.45) is 7.05 Å². The minimum atomic E-state index is -3.72. The molecule has 0 amide bonds. The molecule has 2 aromatic rings. The van der Waals surface area contributed by atoms with E-state index >= 15 is 0 Å². The van der Waals surface area contributed by atoms with Gasteiger partial charge in [-0.25, -0.2) is 4.98 Å². The van der Waals surface area contributed by atoms with Gasteiger partial charge in [0.1, 0.15) is 0 Å². The van der Waals surface area contributed by atoms with E-state index in [1.165, 1.54) is 12.5 Å². The van der Waals surface area contributed by atoms with E-state index in [-0.39, 0.29) is 11.6 Å². The van der Waals surface area contributed by atoms with E-state index in [1.54, 1.807) is 35.9 Å². The molecule has 2 N–H and O–H groups in total. The number of hydrogen-bond donors (Lipinski definition) is 2. The Kier molecular flexibility index (Phi) is 3.35. The summed E-state index contributed by atoms with van der Waals surface area (Å²) in [7, 11) is -2.03. The third-order valence-corrected chi connectivity index (χ3v) is 3.64. The number of anilines is 1. The van der Waals surface area contributed by atoms with Crippen LogP contribution in [0, 0.1) is 0 Å². The first-order valence-corrected chi connectivity index (χ1v) is 6.71. The SMILES string of the molecule is Cn1cnc(S(=O)(=O)Nc2ccccc2CO)c1. The Labute approximate surface area is 105 Å². The minimum absolute atomic E-state index is 0.0576. The lowest BCUT2D eigenvalue weighted by molar-refractivity contribution is 0.282. The fraction of sp³-hybridized carbons (Fsp3) is 0.182. The molecule has 0 fully saturated rings. The highest BCUT2D eigenvalue weighted by molar-refractivity contribution is 7.92. The molecular weight excluding hydrogens is 254 g/mol. The molecule has 0 aliphatic carbocycles. The van der Waals surface area contributed by atoms with Crippen LogP contribution in [0.1, 0.15) is 5.56 Å². The van der Waals surface area contributed by atoms with Crippen LogP contribution in [0.25, 0.3) is 0 Å². The molecule has 0 saturated heterocycles. The molecule has 1 heterocycles. The summed E-state index contributed by atoms with van der Waals surface area (Å²) in [5.74, 6) is 0. The van der Waals surface area contributed by atoms with Crippen LogP contribution in [-0.4, -0.2) is 23.1 Å². The molecule has 18 heavy (non-hydrogen) atoms. The van der Waals surface area contributed by atoms with Crippen molar-refractivity contribution >= 4 is 15.7 Å². The molecule has 0 atom stereocenters. The van der Waals surface area contributed by atoms with Crippen LogP contribution in [-0.2, 0) is 23.7 Å². The number of para-hydroxylation sites is 1. The Morgan fingerprint density at radius 3 is 2.72 bits per heavy atom. The molecule has 6 nitrogen and oxygen atoms in total. The molecule has 1 aromatic heterocycles. The Hall–Kier alpha value is -1.86. The molecule has 96 valence electrons. The highest BCUT2D eigenvalue weighted by Gasteiger charge is 2.18. The average Bonchev–Trinajstić information content (AvgIpc) is 2.77. The number of sulfonamides is 1. The van der Waals surface area contributed by atoms with Gasteiger partial charge in [0.15, 0.2) is 5.03 Å². The summed E-state index contributed by atoms with van der Waals surface area (Å²) in [5.41, 5.74) is 0.864. The van der Waals surface area contributed by atoms with E-state index in [0.717, 1.165) is 0 Å². The number of aromatic nitrogens is 2. The number of nitrogens with one attached hydrogen (secondary N) is 1. The number of aryl methyl sites for hydroxylation is 1. The van der Waals surface area contributed by atoms with Gasteiger partial charge in [-0.05, 0) is 6.07 Å². The summed E-state index contributed by atoms with van der Waals surface area (Å²) in [4.78, 5) is 3.79. The summed E-state index contributed by atoms with van der Waals surface area (Å²) >= 11 is 0. The van der Waals surface area contributed by atoms with Gasteiger partial charge in [-0.3, -0.25) is 4.72 Å². The number of nitrogens with zero attached hydrogens (tertiary/aromatic N) is 2. The number of benzene rings is 1. The zero-order valence-electron chi connectivity index (χ0n) is 9.74. The molecule has 0 aliphatic rings. The topological polar surface area (TPSA) is 84.2 Å². The van der Waals surface area contributed by atoms with Crippen molar-refractivity contribution in [2.75, 3.05) is 4.72 Å². The van der Waals surface area contributed by atoms with Gasteiger partial charge in [-0.1, -0.05) is 18.2 Å². The summed E-state index contributed by atoms with van der Waals surface area (Å²) in [6.45, 7) is -0.235. The molecule has 2 rings (SSSR count). The maximum Gasteiger partial charge on any atom is 0.280 e. The molecule has 0 bridgehead atoms. The van der Waals surface area contributed by atoms with E-state index in [4.69, 9.17) is 5.11 Å². The first-order chi connectivity index (χ1) is 8.53. The molecule has 0 saturated carbocycles. The molecule has 0 radical (unpaired) electrons. The van der Waals surface area contributed by atoms with Crippen LogP contribution in [0.3, 0.4) is 0 Å².